The zero-order chi connectivity index (χ0) is 40.1. The summed E-state index contributed by atoms with van der Waals surface area (Å²) in [5, 5.41) is 23.1. The third kappa shape index (κ3) is 42.3. The van der Waals surface area contributed by atoms with Gasteiger partial charge in [-0.2, -0.15) is 0 Å². The Hall–Kier alpha value is -1.14. The summed E-state index contributed by atoms with van der Waals surface area (Å²) in [7, 11) is 0. The molecule has 0 bridgehead atoms. The molecule has 0 aliphatic carbocycles. The van der Waals surface area contributed by atoms with E-state index in [1.165, 1.54) is 199 Å². The van der Waals surface area contributed by atoms with E-state index in [1.54, 1.807) is 0 Å². The minimum Gasteiger partial charge on any atom is -0.466 e. The highest BCUT2D eigenvalue weighted by Crippen LogP contribution is 2.17. The van der Waals surface area contributed by atoms with E-state index in [9.17, 15) is 19.8 Å². The van der Waals surface area contributed by atoms with Crippen LogP contribution < -0.4 is 5.32 Å². The molecule has 0 aromatic rings. The summed E-state index contributed by atoms with van der Waals surface area (Å²) in [4.78, 5) is 24.4. The van der Waals surface area contributed by atoms with Crippen molar-refractivity contribution >= 4 is 11.9 Å². The zero-order valence-corrected chi connectivity index (χ0v) is 37.2. The Labute approximate surface area is 343 Å². The zero-order valence-electron chi connectivity index (χ0n) is 37.2. The molecular formula is C49H97NO5. The van der Waals surface area contributed by atoms with Crippen molar-refractivity contribution in [3.8, 4) is 0 Å². The molecule has 6 nitrogen and oxygen atoms in total. The SMILES string of the molecule is CCCCCCCCCCCCCC(=O)OCCCCCCCCCCCCCCCCCCCC(=O)NC(CO)C(O)CCCCCCCCCCCC. The van der Waals surface area contributed by atoms with Gasteiger partial charge in [0.15, 0.2) is 0 Å². The molecule has 6 heteroatoms. The van der Waals surface area contributed by atoms with Crippen LogP contribution in [0, 0.1) is 0 Å². The average Bonchev–Trinajstić information content (AvgIpc) is 3.18. The van der Waals surface area contributed by atoms with Gasteiger partial charge in [-0.05, 0) is 25.7 Å². The van der Waals surface area contributed by atoms with Crippen molar-refractivity contribution < 1.29 is 24.5 Å². The molecule has 0 saturated heterocycles. The largest absolute Gasteiger partial charge is 0.466 e. The first kappa shape index (κ1) is 53.9. The van der Waals surface area contributed by atoms with Gasteiger partial charge in [-0.15, -0.1) is 0 Å². The molecule has 2 atom stereocenters. The number of esters is 1. The molecule has 3 N–H and O–H groups in total. The van der Waals surface area contributed by atoms with E-state index < -0.39 is 12.1 Å². The number of ether oxygens (including phenoxy) is 1. The van der Waals surface area contributed by atoms with E-state index in [0.717, 1.165) is 44.9 Å². The number of hydrogen-bond acceptors (Lipinski definition) is 5. The molecule has 55 heavy (non-hydrogen) atoms. The maximum atomic E-state index is 12.4. The Morgan fingerprint density at radius 2 is 0.745 bits per heavy atom. The molecule has 0 radical (unpaired) electrons. The number of nitrogens with one attached hydrogen (secondary N) is 1. The van der Waals surface area contributed by atoms with Gasteiger partial charge in [0.25, 0.3) is 0 Å². The van der Waals surface area contributed by atoms with Crippen molar-refractivity contribution in [3.05, 3.63) is 0 Å². The molecule has 0 aromatic carbocycles. The van der Waals surface area contributed by atoms with Gasteiger partial charge in [0.2, 0.25) is 5.91 Å². The first-order chi connectivity index (χ1) is 27.0. The molecule has 0 fully saturated rings. The van der Waals surface area contributed by atoms with Crippen LogP contribution in [0.15, 0.2) is 0 Å². The van der Waals surface area contributed by atoms with Gasteiger partial charge in [-0.25, -0.2) is 0 Å². The summed E-state index contributed by atoms with van der Waals surface area (Å²) in [5.74, 6) is -0.0360. The lowest BCUT2D eigenvalue weighted by molar-refractivity contribution is -0.143. The van der Waals surface area contributed by atoms with Crippen LogP contribution in [0.3, 0.4) is 0 Å². The van der Waals surface area contributed by atoms with Gasteiger partial charge in [0, 0.05) is 12.8 Å². The second-order valence-electron chi connectivity index (χ2n) is 17.2. The summed E-state index contributed by atoms with van der Waals surface area (Å²) < 4.78 is 5.45. The summed E-state index contributed by atoms with van der Waals surface area (Å²) in [6.07, 6.45) is 49.3. The van der Waals surface area contributed by atoms with E-state index in [0.29, 0.717) is 25.9 Å². The predicted molar refractivity (Wildman–Crippen MR) is 237 cm³/mol. The number of unbranched alkanes of at least 4 members (excludes halogenated alkanes) is 35. The van der Waals surface area contributed by atoms with E-state index in [4.69, 9.17) is 4.74 Å². The fourth-order valence-electron chi connectivity index (χ4n) is 7.82. The lowest BCUT2D eigenvalue weighted by Crippen LogP contribution is -2.45. The highest BCUT2D eigenvalue weighted by atomic mass is 16.5. The van der Waals surface area contributed by atoms with Crippen molar-refractivity contribution in [2.24, 2.45) is 0 Å². The summed E-state index contributed by atoms with van der Waals surface area (Å²) in [6, 6.07) is -0.541. The van der Waals surface area contributed by atoms with Crippen LogP contribution in [0.25, 0.3) is 0 Å². The average molecular weight is 780 g/mol. The fourth-order valence-corrected chi connectivity index (χ4v) is 7.82. The number of carbonyl (C=O) groups is 2. The Morgan fingerprint density at radius 3 is 1.11 bits per heavy atom. The second-order valence-corrected chi connectivity index (χ2v) is 17.2. The number of aliphatic hydroxyl groups is 2. The lowest BCUT2D eigenvalue weighted by Gasteiger charge is -2.22. The molecule has 0 aliphatic heterocycles. The van der Waals surface area contributed by atoms with Gasteiger partial charge >= 0.3 is 5.97 Å². The standard InChI is InChI=1S/C49H97NO5/c1-3-5-7-9-11-13-22-27-31-35-39-43-49(54)55-44-40-36-32-28-24-21-19-17-15-16-18-20-23-26-30-34-38-42-48(53)50-46(45-51)47(52)41-37-33-29-25-14-12-10-8-6-4-2/h46-47,51-52H,3-45H2,1-2H3,(H,50,53). The van der Waals surface area contributed by atoms with Gasteiger partial charge in [-0.3, -0.25) is 9.59 Å². The normalized spacial score (nSPS) is 12.6. The Balaban J connectivity index is 3.39. The first-order valence-electron chi connectivity index (χ1n) is 24.8. The van der Waals surface area contributed by atoms with Crippen LogP contribution in [-0.4, -0.2) is 47.4 Å². The van der Waals surface area contributed by atoms with Crippen LogP contribution in [0.4, 0.5) is 0 Å². The minimum atomic E-state index is -0.664. The van der Waals surface area contributed by atoms with Crippen LogP contribution in [-0.2, 0) is 14.3 Å². The molecule has 2 unspecified atom stereocenters. The van der Waals surface area contributed by atoms with Crippen molar-refractivity contribution in [1.82, 2.24) is 5.32 Å². The highest BCUT2D eigenvalue weighted by Gasteiger charge is 2.20. The molecule has 0 saturated carbocycles. The van der Waals surface area contributed by atoms with Crippen LogP contribution in [0.2, 0.25) is 0 Å². The maximum Gasteiger partial charge on any atom is 0.305 e. The lowest BCUT2D eigenvalue weighted by atomic mass is 10.0. The van der Waals surface area contributed by atoms with Gasteiger partial charge in [0.1, 0.15) is 0 Å². The third-order valence-electron chi connectivity index (χ3n) is 11.7. The third-order valence-corrected chi connectivity index (χ3v) is 11.7. The predicted octanol–water partition coefficient (Wildman–Crippen LogP) is 14.4. The molecule has 328 valence electrons. The van der Waals surface area contributed by atoms with Crippen LogP contribution in [0.1, 0.15) is 277 Å². The highest BCUT2D eigenvalue weighted by molar-refractivity contribution is 5.76. The van der Waals surface area contributed by atoms with Crippen molar-refractivity contribution in [1.29, 1.82) is 0 Å². The Kier molecular flexibility index (Phi) is 44.6. The molecule has 0 aromatic heterocycles. The number of rotatable bonds is 46. The molecule has 0 rings (SSSR count). The monoisotopic (exact) mass is 780 g/mol. The quantitative estimate of drug-likeness (QED) is 0.0422. The van der Waals surface area contributed by atoms with Crippen molar-refractivity contribution in [3.63, 3.8) is 0 Å². The van der Waals surface area contributed by atoms with Crippen LogP contribution in [0.5, 0.6) is 0 Å². The smallest absolute Gasteiger partial charge is 0.305 e. The molecule has 0 heterocycles. The Bertz CT molecular complexity index is 776. The van der Waals surface area contributed by atoms with Crippen LogP contribution >= 0.6 is 0 Å². The van der Waals surface area contributed by atoms with E-state index in [2.05, 4.69) is 19.2 Å². The van der Waals surface area contributed by atoms with Crippen molar-refractivity contribution in [2.45, 2.75) is 289 Å². The minimum absolute atomic E-state index is 0.00515. The number of carbonyl (C=O) groups excluding carboxylic acids is 2. The van der Waals surface area contributed by atoms with Gasteiger partial charge in [-0.1, -0.05) is 239 Å². The molecule has 1 amide bonds. The second kappa shape index (κ2) is 45.6. The van der Waals surface area contributed by atoms with E-state index in [-0.39, 0.29) is 18.5 Å². The van der Waals surface area contributed by atoms with Crippen molar-refractivity contribution in [2.75, 3.05) is 13.2 Å². The summed E-state index contributed by atoms with van der Waals surface area (Å²) >= 11 is 0. The first-order valence-corrected chi connectivity index (χ1v) is 24.8. The summed E-state index contributed by atoms with van der Waals surface area (Å²) in [6.45, 7) is 4.93. The number of aliphatic hydroxyl groups excluding tert-OH is 2. The molecular weight excluding hydrogens is 683 g/mol. The van der Waals surface area contributed by atoms with E-state index >= 15 is 0 Å². The summed E-state index contributed by atoms with van der Waals surface area (Å²) in [5.41, 5.74) is 0. The van der Waals surface area contributed by atoms with Gasteiger partial charge < -0.3 is 20.3 Å². The number of amides is 1. The molecule has 0 spiro atoms. The fraction of sp³-hybridized carbons (Fsp3) is 0.959. The topological polar surface area (TPSA) is 95.9 Å². The van der Waals surface area contributed by atoms with E-state index in [1.807, 2.05) is 0 Å². The Morgan fingerprint density at radius 1 is 0.436 bits per heavy atom. The molecule has 0 aliphatic rings. The maximum absolute atomic E-state index is 12.4. The van der Waals surface area contributed by atoms with Gasteiger partial charge in [0.05, 0.1) is 25.4 Å². The number of hydrogen-bond donors (Lipinski definition) is 3.